The molecule has 0 unspecified atom stereocenters. The molecule has 0 atom stereocenters. The van der Waals surface area contributed by atoms with Crippen LogP contribution in [0.25, 0.3) is 16.7 Å². The van der Waals surface area contributed by atoms with Gasteiger partial charge in [-0.05, 0) is 103 Å². The standard InChI is InChI=1S/C21H29N7O.C18H26F3NO/c1-21(2,3)17-11-15-13-28(20(29)27-18(15)26-17)16-7-5-14(6-8-16)12-24-9-4-10-25-19(22)23;1-16(2,3)14-9-13(5-8-17(12-22)6-4-7-17)10-15(11-14)23-18(19,20)21/h5-8,11,13,24H,4,9-10,12H2,1-3H3,(H4,22,23,25)(H,26,27,29);9-11H,4-8,12,22H2,1-3H3. The highest BCUT2D eigenvalue weighted by Gasteiger charge is 2.35. The van der Waals surface area contributed by atoms with E-state index < -0.39 is 6.36 Å². The van der Waals surface area contributed by atoms with Gasteiger partial charge in [0.15, 0.2) is 5.96 Å². The number of aromatic amines is 1. The molecular weight excluding hydrogens is 669 g/mol. The van der Waals surface area contributed by atoms with Gasteiger partial charge in [0, 0.05) is 35.8 Å². The average molecular weight is 725 g/mol. The molecule has 1 saturated carbocycles. The van der Waals surface area contributed by atoms with Crippen LogP contribution in [-0.2, 0) is 23.8 Å². The number of nitrogens with one attached hydrogen (secondary N) is 2. The van der Waals surface area contributed by atoms with Gasteiger partial charge in [0.05, 0.1) is 5.69 Å². The minimum absolute atomic E-state index is 0.0352. The number of hydrogen-bond donors (Lipinski definition) is 5. The van der Waals surface area contributed by atoms with Crippen molar-refractivity contribution in [1.29, 1.82) is 0 Å². The van der Waals surface area contributed by atoms with E-state index in [4.69, 9.17) is 17.2 Å². The number of benzene rings is 2. The van der Waals surface area contributed by atoms with Crippen molar-refractivity contribution in [2.75, 3.05) is 19.6 Å². The molecule has 1 aliphatic carbocycles. The van der Waals surface area contributed by atoms with Gasteiger partial charge in [-0.15, -0.1) is 13.2 Å². The van der Waals surface area contributed by atoms with Crippen LogP contribution in [0.15, 0.2) is 64.5 Å². The van der Waals surface area contributed by atoms with Crippen LogP contribution in [0.3, 0.4) is 0 Å². The van der Waals surface area contributed by atoms with E-state index in [2.05, 4.69) is 51.9 Å². The molecule has 13 heteroatoms. The van der Waals surface area contributed by atoms with Crippen molar-refractivity contribution in [2.24, 2.45) is 27.6 Å². The van der Waals surface area contributed by atoms with Crippen molar-refractivity contribution in [3.63, 3.8) is 0 Å². The van der Waals surface area contributed by atoms with Crippen molar-refractivity contribution in [3.8, 4) is 11.4 Å². The molecule has 1 fully saturated rings. The first-order valence-corrected chi connectivity index (χ1v) is 17.9. The lowest BCUT2D eigenvalue weighted by atomic mass is 9.66. The molecule has 1 aliphatic rings. The SMILES string of the molecule is CC(C)(C)c1cc(CCC2(CN)CCC2)cc(OC(F)(F)F)c1.CC(C)(C)c1cc2cn(-c3ccc(CNCCCN=C(N)N)cc3)c(=O)nc2[nH]1. The first-order chi connectivity index (χ1) is 24.3. The van der Waals surface area contributed by atoms with Crippen LogP contribution in [0.2, 0.25) is 0 Å². The maximum Gasteiger partial charge on any atom is 0.573 e. The minimum atomic E-state index is -4.67. The Morgan fingerprint density at radius 1 is 1.00 bits per heavy atom. The van der Waals surface area contributed by atoms with Gasteiger partial charge in [-0.3, -0.25) is 9.56 Å². The highest BCUT2D eigenvalue weighted by Crippen LogP contribution is 2.44. The highest BCUT2D eigenvalue weighted by atomic mass is 19.4. The lowest BCUT2D eigenvalue weighted by Gasteiger charge is -2.41. The topological polar surface area (TPSA) is 162 Å². The molecule has 4 aromatic rings. The Kier molecular flexibility index (Phi) is 12.9. The number of nitrogens with two attached hydrogens (primary N) is 3. The number of alkyl halides is 3. The molecule has 0 amide bonds. The molecule has 284 valence electrons. The molecule has 0 spiro atoms. The second kappa shape index (κ2) is 16.5. The van der Waals surface area contributed by atoms with E-state index in [1.807, 2.05) is 57.3 Å². The van der Waals surface area contributed by atoms with Gasteiger partial charge in [0.2, 0.25) is 0 Å². The van der Waals surface area contributed by atoms with Crippen molar-refractivity contribution in [2.45, 2.75) is 104 Å². The number of aromatic nitrogens is 3. The molecule has 2 aromatic heterocycles. The number of rotatable bonds is 12. The Bertz CT molecular complexity index is 1850. The maximum atomic E-state index is 12.6. The van der Waals surface area contributed by atoms with E-state index in [9.17, 15) is 18.0 Å². The van der Waals surface area contributed by atoms with Crippen LogP contribution >= 0.6 is 0 Å². The fraction of sp³-hybridized carbons (Fsp3) is 0.513. The molecule has 8 N–H and O–H groups in total. The summed E-state index contributed by atoms with van der Waals surface area (Å²) in [5.41, 5.74) is 21.4. The zero-order chi connectivity index (χ0) is 38.3. The number of hydrogen-bond acceptors (Lipinski definition) is 6. The van der Waals surface area contributed by atoms with Gasteiger partial charge in [0.25, 0.3) is 0 Å². The molecule has 2 heterocycles. The summed E-state index contributed by atoms with van der Waals surface area (Å²) in [6.45, 7) is 15.1. The molecule has 0 bridgehead atoms. The number of H-pyrrole nitrogens is 1. The van der Waals surface area contributed by atoms with Gasteiger partial charge in [-0.1, -0.05) is 66.2 Å². The third-order valence-corrected chi connectivity index (χ3v) is 9.52. The molecule has 5 rings (SSSR count). The largest absolute Gasteiger partial charge is 0.573 e. The summed E-state index contributed by atoms with van der Waals surface area (Å²) in [4.78, 5) is 23.9. The maximum absolute atomic E-state index is 12.6. The predicted molar refractivity (Wildman–Crippen MR) is 203 cm³/mol. The number of fused-ring (bicyclic) bond motifs is 1. The molecule has 0 aliphatic heterocycles. The quantitative estimate of drug-likeness (QED) is 0.0616. The van der Waals surface area contributed by atoms with Crippen LogP contribution in [0.4, 0.5) is 13.2 Å². The first-order valence-electron chi connectivity index (χ1n) is 17.9. The summed E-state index contributed by atoms with van der Waals surface area (Å²) in [5.74, 6) is -0.00638. The lowest BCUT2D eigenvalue weighted by Crippen LogP contribution is -2.37. The van der Waals surface area contributed by atoms with Gasteiger partial charge in [-0.2, -0.15) is 4.98 Å². The Labute approximate surface area is 304 Å². The summed E-state index contributed by atoms with van der Waals surface area (Å²) in [7, 11) is 0. The monoisotopic (exact) mass is 724 g/mol. The summed E-state index contributed by atoms with van der Waals surface area (Å²) in [5, 5.41) is 4.27. The number of ether oxygens (including phenoxy) is 1. The minimum Gasteiger partial charge on any atom is -0.406 e. The number of guanidine groups is 1. The van der Waals surface area contributed by atoms with E-state index >= 15 is 0 Å². The van der Waals surface area contributed by atoms with Gasteiger partial charge in [0.1, 0.15) is 11.4 Å². The van der Waals surface area contributed by atoms with Crippen molar-refractivity contribution < 1.29 is 17.9 Å². The second-order valence-electron chi connectivity index (χ2n) is 15.9. The zero-order valence-corrected chi connectivity index (χ0v) is 31.3. The molecule has 0 saturated heterocycles. The number of halogens is 3. The normalized spacial score (nSPS) is 14.3. The molecule has 52 heavy (non-hydrogen) atoms. The summed E-state index contributed by atoms with van der Waals surface area (Å²) < 4.78 is 43.4. The Hall–Kier alpha value is -4.36. The number of aryl methyl sites for hydroxylation is 1. The number of aliphatic imine (C=N–C) groups is 1. The van der Waals surface area contributed by atoms with Gasteiger partial charge < -0.3 is 32.2 Å². The molecule has 0 radical (unpaired) electrons. The molecular formula is C39H55F3N8O2. The highest BCUT2D eigenvalue weighted by molar-refractivity contribution is 5.76. The van der Waals surface area contributed by atoms with E-state index in [-0.39, 0.29) is 33.6 Å². The fourth-order valence-electron chi connectivity index (χ4n) is 6.08. The van der Waals surface area contributed by atoms with E-state index in [0.29, 0.717) is 18.7 Å². The summed E-state index contributed by atoms with van der Waals surface area (Å²) >= 11 is 0. The average Bonchev–Trinajstić information content (AvgIpc) is 3.45. The first kappa shape index (κ1) is 40.4. The second-order valence-corrected chi connectivity index (χ2v) is 15.9. The van der Waals surface area contributed by atoms with Crippen LogP contribution in [-0.4, -0.2) is 46.5 Å². The Morgan fingerprint density at radius 3 is 2.25 bits per heavy atom. The van der Waals surface area contributed by atoms with Crippen molar-refractivity contribution in [1.82, 2.24) is 19.9 Å². The lowest BCUT2D eigenvalue weighted by molar-refractivity contribution is -0.274. The molecule has 2 aromatic carbocycles. The van der Waals surface area contributed by atoms with Crippen molar-refractivity contribution in [3.05, 3.63) is 87.6 Å². The van der Waals surface area contributed by atoms with E-state index in [0.717, 1.165) is 78.7 Å². The van der Waals surface area contributed by atoms with E-state index in [1.165, 1.54) is 18.6 Å². The summed E-state index contributed by atoms with van der Waals surface area (Å²) in [6, 6.07) is 14.9. The third-order valence-electron chi connectivity index (χ3n) is 9.52. The number of nitrogens with zero attached hydrogens (tertiary/aromatic N) is 3. The van der Waals surface area contributed by atoms with Crippen LogP contribution in [0.5, 0.6) is 5.75 Å². The zero-order valence-electron chi connectivity index (χ0n) is 31.3. The van der Waals surface area contributed by atoms with Crippen LogP contribution in [0, 0.1) is 5.41 Å². The van der Waals surface area contributed by atoms with Crippen LogP contribution in [0.1, 0.15) is 96.0 Å². The fourth-order valence-corrected chi connectivity index (χ4v) is 6.08. The third kappa shape index (κ3) is 11.6. The Morgan fingerprint density at radius 2 is 1.69 bits per heavy atom. The smallest absolute Gasteiger partial charge is 0.406 e. The summed E-state index contributed by atoms with van der Waals surface area (Å²) in [6.07, 6.45) is 3.13. The van der Waals surface area contributed by atoms with E-state index in [1.54, 1.807) is 4.57 Å². The molecule has 10 nitrogen and oxygen atoms in total. The van der Waals surface area contributed by atoms with Gasteiger partial charge >= 0.3 is 12.1 Å². The van der Waals surface area contributed by atoms with Crippen LogP contribution < -0.4 is 32.9 Å². The predicted octanol–water partition coefficient (Wildman–Crippen LogP) is 6.71. The van der Waals surface area contributed by atoms with Crippen molar-refractivity contribution >= 4 is 17.0 Å². The van der Waals surface area contributed by atoms with Gasteiger partial charge in [-0.25, -0.2) is 4.79 Å². The Balaban J connectivity index is 0.000000239.